The minimum Gasteiger partial charge on any atom is -0.268 e. The summed E-state index contributed by atoms with van der Waals surface area (Å²) >= 11 is 0. The van der Waals surface area contributed by atoms with Gasteiger partial charge in [-0.25, -0.2) is 9.40 Å². The average molecular weight is 312 g/mol. The van der Waals surface area contributed by atoms with Crippen molar-refractivity contribution in [1.82, 2.24) is 18.8 Å². The first-order chi connectivity index (χ1) is 10.1. The van der Waals surface area contributed by atoms with E-state index < -0.39 is 10.2 Å². The molecule has 116 valence electrons. The molecule has 0 radical (unpaired) electrons. The van der Waals surface area contributed by atoms with E-state index in [9.17, 15) is 13.2 Å². The minimum atomic E-state index is -3.42. The zero-order chi connectivity index (χ0) is 14.9. The zero-order valence-corrected chi connectivity index (χ0v) is 12.7. The summed E-state index contributed by atoms with van der Waals surface area (Å²) in [6.07, 6.45) is 4.05. The Bertz CT molecular complexity index is 660. The number of hydrogen-bond acceptors (Lipinski definition) is 4. The Balaban J connectivity index is 1.60. The summed E-state index contributed by atoms with van der Waals surface area (Å²) in [4.78, 5) is 11.7. The lowest BCUT2D eigenvalue weighted by Crippen LogP contribution is -2.41. The van der Waals surface area contributed by atoms with Crippen LogP contribution < -0.4 is 10.3 Å². The van der Waals surface area contributed by atoms with Gasteiger partial charge in [0, 0.05) is 31.6 Å². The van der Waals surface area contributed by atoms with Gasteiger partial charge in [-0.15, -0.1) is 0 Å². The number of hydrogen-bond donors (Lipinski definition) is 1. The molecule has 0 atom stereocenters. The van der Waals surface area contributed by atoms with Gasteiger partial charge in [0.05, 0.1) is 12.2 Å². The van der Waals surface area contributed by atoms with Crippen LogP contribution in [0.15, 0.2) is 16.9 Å². The van der Waals surface area contributed by atoms with Crippen molar-refractivity contribution < 1.29 is 8.42 Å². The Morgan fingerprint density at radius 2 is 1.95 bits per heavy atom. The molecular weight excluding hydrogens is 292 g/mol. The van der Waals surface area contributed by atoms with Crippen LogP contribution in [-0.2, 0) is 16.8 Å². The van der Waals surface area contributed by atoms with E-state index in [2.05, 4.69) is 9.82 Å². The summed E-state index contributed by atoms with van der Waals surface area (Å²) in [7, 11) is -3.42. The first-order valence-corrected chi connectivity index (χ1v) is 8.83. The molecule has 0 bridgehead atoms. The first-order valence-electron chi connectivity index (χ1n) is 7.39. The van der Waals surface area contributed by atoms with Crippen LogP contribution in [0.2, 0.25) is 0 Å². The van der Waals surface area contributed by atoms with Crippen LogP contribution >= 0.6 is 0 Å². The molecule has 7 nitrogen and oxygen atoms in total. The summed E-state index contributed by atoms with van der Waals surface area (Å²) in [5.74, 6) is 0.471. The van der Waals surface area contributed by atoms with E-state index in [1.807, 2.05) is 0 Å². The molecule has 8 heteroatoms. The maximum Gasteiger partial charge on any atom is 0.279 e. The smallest absolute Gasteiger partial charge is 0.268 e. The van der Waals surface area contributed by atoms with Gasteiger partial charge in [0.25, 0.3) is 15.8 Å². The van der Waals surface area contributed by atoms with Gasteiger partial charge < -0.3 is 0 Å². The summed E-state index contributed by atoms with van der Waals surface area (Å²) < 4.78 is 29.3. The van der Waals surface area contributed by atoms with E-state index in [0.29, 0.717) is 19.0 Å². The van der Waals surface area contributed by atoms with Crippen molar-refractivity contribution in [2.24, 2.45) is 0 Å². The Labute approximate surface area is 124 Å². The van der Waals surface area contributed by atoms with Gasteiger partial charge in [-0.05, 0) is 31.7 Å². The van der Waals surface area contributed by atoms with Crippen molar-refractivity contribution in [3.63, 3.8) is 0 Å². The molecule has 2 fully saturated rings. The lowest BCUT2D eigenvalue weighted by molar-refractivity contribution is 0.458. The number of rotatable bonds is 6. The van der Waals surface area contributed by atoms with Crippen LogP contribution in [0.1, 0.15) is 37.3 Å². The highest BCUT2D eigenvalue weighted by Gasteiger charge is 2.26. The second kappa shape index (κ2) is 5.86. The van der Waals surface area contributed by atoms with Gasteiger partial charge in [0.15, 0.2) is 0 Å². The quantitative estimate of drug-likeness (QED) is 0.804. The summed E-state index contributed by atoms with van der Waals surface area (Å²) in [5, 5.41) is 4.31. The topological polar surface area (TPSA) is 84.3 Å². The van der Waals surface area contributed by atoms with Crippen molar-refractivity contribution >= 4 is 10.2 Å². The SMILES string of the molecule is O=c1ccc(C2CC2)nn1CCNS(=O)(=O)N1CCCC1. The fraction of sp³-hybridized carbons (Fsp3) is 0.692. The Hall–Kier alpha value is -1.25. The minimum absolute atomic E-state index is 0.180. The van der Waals surface area contributed by atoms with E-state index in [1.54, 1.807) is 6.07 Å². The van der Waals surface area contributed by atoms with Crippen molar-refractivity contribution in [2.45, 2.75) is 38.1 Å². The molecule has 1 aliphatic carbocycles. The standard InChI is InChI=1S/C13H20N4O3S/c18-13-6-5-12(11-3-4-11)15-17(13)10-7-14-21(19,20)16-8-1-2-9-16/h5-6,11,14H,1-4,7-10H2. The van der Waals surface area contributed by atoms with Crippen LogP contribution in [0.25, 0.3) is 0 Å². The maximum absolute atomic E-state index is 12.0. The van der Waals surface area contributed by atoms with Crippen LogP contribution in [0, 0.1) is 0 Å². The Morgan fingerprint density at radius 1 is 1.24 bits per heavy atom. The average Bonchev–Trinajstić information content (AvgIpc) is 3.14. The largest absolute Gasteiger partial charge is 0.279 e. The van der Waals surface area contributed by atoms with E-state index >= 15 is 0 Å². The van der Waals surface area contributed by atoms with E-state index in [-0.39, 0.29) is 18.6 Å². The molecule has 0 spiro atoms. The van der Waals surface area contributed by atoms with Gasteiger partial charge in [-0.2, -0.15) is 17.8 Å². The Morgan fingerprint density at radius 3 is 2.62 bits per heavy atom. The number of aromatic nitrogens is 2. The van der Waals surface area contributed by atoms with Gasteiger partial charge in [-0.1, -0.05) is 0 Å². The molecule has 0 amide bonds. The normalized spacial score (nSPS) is 20.0. The molecule has 3 rings (SSSR count). The van der Waals surface area contributed by atoms with Crippen LogP contribution in [0.5, 0.6) is 0 Å². The lowest BCUT2D eigenvalue weighted by Gasteiger charge is -2.16. The van der Waals surface area contributed by atoms with E-state index in [4.69, 9.17) is 0 Å². The zero-order valence-electron chi connectivity index (χ0n) is 11.9. The Kier molecular flexibility index (Phi) is 4.10. The van der Waals surface area contributed by atoms with Gasteiger partial charge in [-0.3, -0.25) is 4.79 Å². The molecule has 1 aliphatic heterocycles. The summed E-state index contributed by atoms with van der Waals surface area (Å²) in [6.45, 7) is 1.59. The summed E-state index contributed by atoms with van der Waals surface area (Å²) in [6, 6.07) is 3.28. The third kappa shape index (κ3) is 3.50. The van der Waals surface area contributed by atoms with Gasteiger partial charge in [0.1, 0.15) is 0 Å². The third-order valence-corrected chi connectivity index (χ3v) is 5.51. The van der Waals surface area contributed by atoms with E-state index in [0.717, 1.165) is 31.4 Å². The summed E-state index contributed by atoms with van der Waals surface area (Å²) in [5.41, 5.74) is 0.733. The molecule has 1 aromatic rings. The van der Waals surface area contributed by atoms with Gasteiger partial charge in [0.2, 0.25) is 0 Å². The highest BCUT2D eigenvalue weighted by Crippen LogP contribution is 2.38. The molecular formula is C13H20N4O3S. The molecule has 0 unspecified atom stereocenters. The molecule has 1 N–H and O–H groups in total. The monoisotopic (exact) mass is 312 g/mol. The predicted molar refractivity (Wildman–Crippen MR) is 78.2 cm³/mol. The maximum atomic E-state index is 12.0. The fourth-order valence-electron chi connectivity index (χ4n) is 2.52. The van der Waals surface area contributed by atoms with Gasteiger partial charge >= 0.3 is 0 Å². The van der Waals surface area contributed by atoms with Crippen molar-refractivity contribution in [3.8, 4) is 0 Å². The second-order valence-corrected chi connectivity index (χ2v) is 7.35. The lowest BCUT2D eigenvalue weighted by atomic mass is 10.3. The molecule has 0 aromatic carbocycles. The van der Waals surface area contributed by atoms with Crippen LogP contribution in [0.4, 0.5) is 0 Å². The number of nitrogens with zero attached hydrogens (tertiary/aromatic N) is 3. The number of nitrogens with one attached hydrogen (secondary N) is 1. The molecule has 21 heavy (non-hydrogen) atoms. The van der Waals surface area contributed by atoms with Crippen molar-refractivity contribution in [2.75, 3.05) is 19.6 Å². The van der Waals surface area contributed by atoms with Crippen LogP contribution in [0.3, 0.4) is 0 Å². The van der Waals surface area contributed by atoms with Crippen molar-refractivity contribution in [1.29, 1.82) is 0 Å². The molecule has 2 heterocycles. The fourth-order valence-corrected chi connectivity index (χ4v) is 3.79. The second-order valence-electron chi connectivity index (χ2n) is 5.60. The molecule has 2 aliphatic rings. The molecule has 1 saturated heterocycles. The highest BCUT2D eigenvalue weighted by molar-refractivity contribution is 7.87. The van der Waals surface area contributed by atoms with Crippen LogP contribution in [-0.4, -0.2) is 42.1 Å². The first kappa shape index (κ1) is 14.7. The molecule has 1 aromatic heterocycles. The highest BCUT2D eigenvalue weighted by atomic mass is 32.2. The van der Waals surface area contributed by atoms with Crippen molar-refractivity contribution in [3.05, 3.63) is 28.2 Å². The van der Waals surface area contributed by atoms with E-state index in [1.165, 1.54) is 15.1 Å². The third-order valence-electron chi connectivity index (χ3n) is 3.90. The molecule has 1 saturated carbocycles. The predicted octanol–water partition coefficient (Wildman–Crippen LogP) is 0.0509.